The van der Waals surface area contributed by atoms with Crippen molar-refractivity contribution in [1.29, 1.82) is 0 Å². The van der Waals surface area contributed by atoms with Gasteiger partial charge in [0.05, 0.1) is 13.2 Å². The van der Waals surface area contributed by atoms with E-state index in [-0.39, 0.29) is 6.04 Å². The molecule has 2 atom stereocenters. The molecule has 2 unspecified atom stereocenters. The SMILES string of the molecule is CCOc1ccccc1C(N)CN(CC)C(C)COC. The summed E-state index contributed by atoms with van der Waals surface area (Å²) in [7, 11) is 1.73. The summed E-state index contributed by atoms with van der Waals surface area (Å²) in [5, 5.41) is 0. The standard InChI is InChI=1S/C16H28N2O2/c1-5-18(13(3)12-19-4)11-15(17)14-9-7-8-10-16(14)20-6-2/h7-10,13,15H,5-6,11-12,17H2,1-4H3. The van der Waals surface area contributed by atoms with E-state index in [2.05, 4.69) is 18.7 Å². The van der Waals surface area contributed by atoms with Gasteiger partial charge >= 0.3 is 0 Å². The Labute approximate surface area is 122 Å². The van der Waals surface area contributed by atoms with Gasteiger partial charge in [-0.15, -0.1) is 0 Å². The number of methoxy groups -OCH3 is 1. The molecular weight excluding hydrogens is 252 g/mol. The van der Waals surface area contributed by atoms with E-state index < -0.39 is 0 Å². The van der Waals surface area contributed by atoms with Crippen molar-refractivity contribution in [2.45, 2.75) is 32.9 Å². The predicted molar refractivity (Wildman–Crippen MR) is 83.1 cm³/mol. The van der Waals surface area contributed by atoms with Crippen LogP contribution in [0, 0.1) is 0 Å². The Bertz CT molecular complexity index is 384. The van der Waals surface area contributed by atoms with Crippen LogP contribution in [0.3, 0.4) is 0 Å². The second kappa shape index (κ2) is 8.95. The first-order valence-corrected chi connectivity index (χ1v) is 7.34. The molecular formula is C16H28N2O2. The summed E-state index contributed by atoms with van der Waals surface area (Å²) >= 11 is 0. The molecule has 0 saturated heterocycles. The first-order valence-electron chi connectivity index (χ1n) is 7.34. The Kier molecular flexibility index (Phi) is 7.59. The second-order valence-corrected chi connectivity index (χ2v) is 4.97. The van der Waals surface area contributed by atoms with E-state index in [4.69, 9.17) is 15.2 Å². The molecule has 1 aromatic rings. The molecule has 0 amide bonds. The van der Waals surface area contributed by atoms with Crippen LogP contribution < -0.4 is 10.5 Å². The van der Waals surface area contributed by atoms with Crippen molar-refractivity contribution in [2.24, 2.45) is 5.73 Å². The molecule has 0 heterocycles. The zero-order chi connectivity index (χ0) is 15.0. The Balaban J connectivity index is 2.76. The largest absolute Gasteiger partial charge is 0.494 e. The first-order chi connectivity index (χ1) is 9.63. The fraction of sp³-hybridized carbons (Fsp3) is 0.625. The van der Waals surface area contributed by atoms with Crippen LogP contribution in [0.1, 0.15) is 32.4 Å². The van der Waals surface area contributed by atoms with Crippen LogP contribution in [-0.4, -0.2) is 44.4 Å². The van der Waals surface area contributed by atoms with Crippen molar-refractivity contribution in [3.05, 3.63) is 29.8 Å². The zero-order valence-corrected chi connectivity index (χ0v) is 13.1. The molecule has 0 fully saturated rings. The van der Waals surface area contributed by atoms with E-state index in [0.29, 0.717) is 19.3 Å². The molecule has 1 aromatic carbocycles. The van der Waals surface area contributed by atoms with Crippen LogP contribution in [0.4, 0.5) is 0 Å². The van der Waals surface area contributed by atoms with E-state index in [1.165, 1.54) is 0 Å². The van der Waals surface area contributed by atoms with Gasteiger partial charge in [-0.2, -0.15) is 0 Å². The molecule has 0 aliphatic heterocycles. The predicted octanol–water partition coefficient (Wildman–Crippen LogP) is 2.44. The first kappa shape index (κ1) is 17.0. The van der Waals surface area contributed by atoms with Crippen molar-refractivity contribution in [2.75, 3.05) is 33.4 Å². The van der Waals surface area contributed by atoms with Crippen LogP contribution in [0.2, 0.25) is 0 Å². The topological polar surface area (TPSA) is 47.7 Å². The van der Waals surface area contributed by atoms with E-state index in [9.17, 15) is 0 Å². The normalized spacial score (nSPS) is 14.3. The average molecular weight is 280 g/mol. The minimum Gasteiger partial charge on any atom is -0.494 e. The number of para-hydroxylation sites is 1. The molecule has 0 radical (unpaired) electrons. The maximum atomic E-state index is 6.37. The lowest BCUT2D eigenvalue weighted by atomic mass is 10.1. The number of hydrogen-bond acceptors (Lipinski definition) is 4. The highest BCUT2D eigenvalue weighted by molar-refractivity contribution is 5.36. The molecule has 4 nitrogen and oxygen atoms in total. The lowest BCUT2D eigenvalue weighted by Crippen LogP contribution is -2.40. The Morgan fingerprint density at radius 3 is 2.55 bits per heavy atom. The second-order valence-electron chi connectivity index (χ2n) is 4.97. The van der Waals surface area contributed by atoms with Crippen molar-refractivity contribution in [1.82, 2.24) is 4.90 Å². The van der Waals surface area contributed by atoms with Crippen LogP contribution in [0.5, 0.6) is 5.75 Å². The van der Waals surface area contributed by atoms with Crippen LogP contribution in [-0.2, 0) is 4.74 Å². The Morgan fingerprint density at radius 1 is 1.25 bits per heavy atom. The minimum absolute atomic E-state index is 0.0583. The highest BCUT2D eigenvalue weighted by Crippen LogP contribution is 2.24. The number of ether oxygens (including phenoxy) is 2. The lowest BCUT2D eigenvalue weighted by Gasteiger charge is -2.30. The summed E-state index contributed by atoms with van der Waals surface area (Å²) in [6, 6.07) is 8.31. The third kappa shape index (κ3) is 4.78. The number of nitrogens with two attached hydrogens (primary N) is 1. The summed E-state index contributed by atoms with van der Waals surface area (Å²) in [6.45, 7) is 9.41. The summed E-state index contributed by atoms with van der Waals surface area (Å²) < 4.78 is 10.9. The quantitative estimate of drug-likeness (QED) is 0.755. The molecule has 114 valence electrons. The van der Waals surface area contributed by atoms with E-state index in [1.54, 1.807) is 7.11 Å². The van der Waals surface area contributed by atoms with Crippen LogP contribution >= 0.6 is 0 Å². The molecule has 0 spiro atoms. The molecule has 0 bridgehead atoms. The number of rotatable bonds is 9. The van der Waals surface area contributed by atoms with Gasteiger partial charge in [0.2, 0.25) is 0 Å². The van der Waals surface area contributed by atoms with E-state index >= 15 is 0 Å². The maximum absolute atomic E-state index is 6.37. The molecule has 0 aliphatic carbocycles. The van der Waals surface area contributed by atoms with Gasteiger partial charge in [-0.25, -0.2) is 0 Å². The summed E-state index contributed by atoms with van der Waals surface area (Å²) in [5.41, 5.74) is 7.44. The molecule has 2 N–H and O–H groups in total. The van der Waals surface area contributed by atoms with Crippen molar-refractivity contribution >= 4 is 0 Å². The Morgan fingerprint density at radius 2 is 1.95 bits per heavy atom. The summed E-state index contributed by atoms with van der Waals surface area (Å²) in [6.07, 6.45) is 0. The van der Waals surface area contributed by atoms with Gasteiger partial charge in [0.1, 0.15) is 5.75 Å². The molecule has 0 aliphatic rings. The van der Waals surface area contributed by atoms with Gasteiger partial charge in [0.25, 0.3) is 0 Å². The smallest absolute Gasteiger partial charge is 0.124 e. The van der Waals surface area contributed by atoms with Gasteiger partial charge in [-0.05, 0) is 26.5 Å². The van der Waals surface area contributed by atoms with Gasteiger partial charge in [-0.1, -0.05) is 25.1 Å². The molecule has 20 heavy (non-hydrogen) atoms. The van der Waals surface area contributed by atoms with Crippen molar-refractivity contribution < 1.29 is 9.47 Å². The zero-order valence-electron chi connectivity index (χ0n) is 13.1. The van der Waals surface area contributed by atoms with Crippen LogP contribution in [0.15, 0.2) is 24.3 Å². The van der Waals surface area contributed by atoms with Gasteiger partial charge < -0.3 is 15.2 Å². The van der Waals surface area contributed by atoms with E-state index in [0.717, 1.165) is 24.4 Å². The minimum atomic E-state index is -0.0583. The fourth-order valence-electron chi connectivity index (χ4n) is 2.39. The third-order valence-electron chi connectivity index (χ3n) is 3.49. The highest BCUT2D eigenvalue weighted by Gasteiger charge is 2.18. The number of nitrogens with zero attached hydrogens (tertiary/aromatic N) is 1. The van der Waals surface area contributed by atoms with Gasteiger partial charge in [0, 0.05) is 31.3 Å². The number of likely N-dealkylation sites (N-methyl/N-ethyl adjacent to an activating group) is 1. The summed E-state index contributed by atoms with van der Waals surface area (Å²) in [5.74, 6) is 0.887. The molecule has 4 heteroatoms. The van der Waals surface area contributed by atoms with Crippen LogP contribution in [0.25, 0.3) is 0 Å². The third-order valence-corrected chi connectivity index (χ3v) is 3.49. The monoisotopic (exact) mass is 280 g/mol. The van der Waals surface area contributed by atoms with E-state index in [1.807, 2.05) is 31.2 Å². The Hall–Kier alpha value is -1.10. The lowest BCUT2D eigenvalue weighted by molar-refractivity contribution is 0.0984. The van der Waals surface area contributed by atoms with Gasteiger partial charge in [-0.3, -0.25) is 4.90 Å². The maximum Gasteiger partial charge on any atom is 0.124 e. The van der Waals surface area contributed by atoms with Crippen molar-refractivity contribution in [3.63, 3.8) is 0 Å². The van der Waals surface area contributed by atoms with Crippen molar-refractivity contribution in [3.8, 4) is 5.75 Å². The molecule has 1 rings (SSSR count). The highest BCUT2D eigenvalue weighted by atomic mass is 16.5. The van der Waals surface area contributed by atoms with Gasteiger partial charge in [0.15, 0.2) is 0 Å². The molecule has 0 saturated carbocycles. The summed E-state index contributed by atoms with van der Waals surface area (Å²) in [4.78, 5) is 2.33. The number of benzene rings is 1. The number of hydrogen-bond donors (Lipinski definition) is 1. The fourth-order valence-corrected chi connectivity index (χ4v) is 2.39. The molecule has 0 aromatic heterocycles. The average Bonchev–Trinajstić information content (AvgIpc) is 2.45.